The Kier molecular flexibility index (Phi) is 3.41. The Hall–Kier alpha value is -1.20. The molecule has 19 heavy (non-hydrogen) atoms. The highest BCUT2D eigenvalue weighted by Gasteiger charge is 2.22. The van der Waals surface area contributed by atoms with E-state index in [9.17, 15) is 0 Å². The SMILES string of the molecule is Cc1ccsc1C(C)NC(C)c1nnc2n1CCC2. The summed E-state index contributed by atoms with van der Waals surface area (Å²) < 4.78 is 2.27. The minimum atomic E-state index is 0.232. The third-order valence-corrected chi connectivity index (χ3v) is 5.02. The lowest BCUT2D eigenvalue weighted by atomic mass is 10.1. The molecule has 3 heterocycles. The van der Waals surface area contributed by atoms with Crippen molar-refractivity contribution in [2.45, 2.75) is 52.2 Å². The number of aryl methyl sites for hydroxylation is 2. The molecule has 0 fully saturated rings. The summed E-state index contributed by atoms with van der Waals surface area (Å²) in [6.07, 6.45) is 2.27. The fourth-order valence-corrected chi connectivity index (χ4v) is 3.79. The van der Waals surface area contributed by atoms with Crippen LogP contribution in [0.2, 0.25) is 0 Å². The van der Waals surface area contributed by atoms with Gasteiger partial charge in [0.25, 0.3) is 0 Å². The average Bonchev–Trinajstić information content (AvgIpc) is 3.02. The average molecular weight is 276 g/mol. The summed E-state index contributed by atoms with van der Waals surface area (Å²) in [6.45, 7) is 7.63. The van der Waals surface area contributed by atoms with Crippen molar-refractivity contribution < 1.29 is 0 Å². The number of nitrogens with one attached hydrogen (secondary N) is 1. The monoisotopic (exact) mass is 276 g/mol. The zero-order valence-corrected chi connectivity index (χ0v) is 12.5. The molecule has 102 valence electrons. The Labute approximate surface area is 117 Å². The molecule has 0 radical (unpaired) electrons. The highest BCUT2D eigenvalue weighted by atomic mass is 32.1. The number of fused-ring (bicyclic) bond motifs is 1. The molecule has 0 saturated heterocycles. The summed E-state index contributed by atoms with van der Waals surface area (Å²) in [7, 11) is 0. The summed E-state index contributed by atoms with van der Waals surface area (Å²) in [4.78, 5) is 1.41. The van der Waals surface area contributed by atoms with Gasteiger partial charge < -0.3 is 9.88 Å². The molecule has 1 aliphatic rings. The van der Waals surface area contributed by atoms with Gasteiger partial charge in [-0.1, -0.05) is 0 Å². The van der Waals surface area contributed by atoms with E-state index in [1.54, 1.807) is 0 Å². The Morgan fingerprint density at radius 2 is 2.16 bits per heavy atom. The van der Waals surface area contributed by atoms with E-state index in [1.165, 1.54) is 16.9 Å². The Bertz CT molecular complexity index is 572. The first kappa shape index (κ1) is 12.8. The molecule has 3 rings (SSSR count). The van der Waals surface area contributed by atoms with Gasteiger partial charge in [0.15, 0.2) is 0 Å². The lowest BCUT2D eigenvalue weighted by Crippen LogP contribution is -2.25. The molecule has 0 saturated carbocycles. The quantitative estimate of drug-likeness (QED) is 0.933. The summed E-state index contributed by atoms with van der Waals surface area (Å²) in [6, 6.07) is 2.76. The molecular weight excluding hydrogens is 256 g/mol. The number of hydrogen-bond donors (Lipinski definition) is 1. The van der Waals surface area contributed by atoms with Gasteiger partial charge in [-0.15, -0.1) is 21.5 Å². The second kappa shape index (κ2) is 5.06. The first-order valence-corrected chi connectivity index (χ1v) is 7.77. The van der Waals surface area contributed by atoms with Gasteiger partial charge in [-0.2, -0.15) is 0 Å². The van der Waals surface area contributed by atoms with Crippen LogP contribution in [0.3, 0.4) is 0 Å². The van der Waals surface area contributed by atoms with Crippen molar-refractivity contribution in [1.29, 1.82) is 0 Å². The molecule has 0 aliphatic carbocycles. The summed E-state index contributed by atoms with van der Waals surface area (Å²) >= 11 is 1.82. The molecule has 0 aromatic carbocycles. The van der Waals surface area contributed by atoms with Gasteiger partial charge in [0.05, 0.1) is 6.04 Å². The molecule has 2 atom stereocenters. The van der Waals surface area contributed by atoms with Gasteiger partial charge in [0.2, 0.25) is 0 Å². The zero-order valence-electron chi connectivity index (χ0n) is 11.7. The van der Waals surface area contributed by atoms with E-state index in [-0.39, 0.29) is 6.04 Å². The van der Waals surface area contributed by atoms with Crippen LogP contribution in [0, 0.1) is 6.92 Å². The Morgan fingerprint density at radius 1 is 1.32 bits per heavy atom. The second-order valence-electron chi connectivity index (χ2n) is 5.31. The van der Waals surface area contributed by atoms with Crippen LogP contribution in [0.25, 0.3) is 0 Å². The molecule has 1 aliphatic heterocycles. The smallest absolute Gasteiger partial charge is 0.149 e. The maximum absolute atomic E-state index is 4.35. The van der Waals surface area contributed by atoms with Gasteiger partial charge in [0.1, 0.15) is 11.6 Å². The minimum Gasteiger partial charge on any atom is -0.314 e. The third-order valence-electron chi connectivity index (χ3n) is 3.82. The van der Waals surface area contributed by atoms with Crippen molar-refractivity contribution in [1.82, 2.24) is 20.1 Å². The number of hydrogen-bond acceptors (Lipinski definition) is 4. The lowest BCUT2D eigenvalue weighted by molar-refractivity contribution is 0.462. The molecule has 1 N–H and O–H groups in total. The van der Waals surface area contributed by atoms with Crippen LogP contribution < -0.4 is 5.32 Å². The molecule has 2 unspecified atom stereocenters. The van der Waals surface area contributed by atoms with E-state index >= 15 is 0 Å². The molecule has 2 aromatic rings. The van der Waals surface area contributed by atoms with Crippen LogP contribution in [0.1, 0.15) is 54.4 Å². The van der Waals surface area contributed by atoms with Crippen molar-refractivity contribution >= 4 is 11.3 Å². The first-order chi connectivity index (χ1) is 9.16. The highest BCUT2D eigenvalue weighted by molar-refractivity contribution is 7.10. The van der Waals surface area contributed by atoms with Crippen molar-refractivity contribution in [2.24, 2.45) is 0 Å². The summed E-state index contributed by atoms with van der Waals surface area (Å²) in [5.74, 6) is 2.22. The Morgan fingerprint density at radius 3 is 2.89 bits per heavy atom. The van der Waals surface area contributed by atoms with Crippen LogP contribution in [0.5, 0.6) is 0 Å². The zero-order chi connectivity index (χ0) is 13.4. The Balaban J connectivity index is 1.74. The van der Waals surface area contributed by atoms with Gasteiger partial charge >= 0.3 is 0 Å². The number of thiophene rings is 1. The molecule has 0 spiro atoms. The molecule has 2 aromatic heterocycles. The maximum atomic E-state index is 4.35. The molecule has 4 nitrogen and oxygen atoms in total. The third kappa shape index (κ3) is 2.32. The van der Waals surface area contributed by atoms with Crippen LogP contribution in [0.4, 0.5) is 0 Å². The van der Waals surface area contributed by atoms with Crippen molar-refractivity contribution in [3.63, 3.8) is 0 Å². The van der Waals surface area contributed by atoms with Crippen LogP contribution >= 0.6 is 11.3 Å². The summed E-state index contributed by atoms with van der Waals surface area (Å²) in [5, 5.41) is 14.4. The highest BCUT2D eigenvalue weighted by Crippen LogP contribution is 2.26. The number of nitrogens with zero attached hydrogens (tertiary/aromatic N) is 3. The fraction of sp³-hybridized carbons (Fsp3) is 0.571. The molecule has 5 heteroatoms. The van der Waals surface area contributed by atoms with Gasteiger partial charge in [-0.3, -0.25) is 0 Å². The van der Waals surface area contributed by atoms with Crippen LogP contribution in [0.15, 0.2) is 11.4 Å². The van der Waals surface area contributed by atoms with E-state index in [0.29, 0.717) is 6.04 Å². The predicted octanol–water partition coefficient (Wildman–Crippen LogP) is 3.01. The van der Waals surface area contributed by atoms with E-state index in [1.807, 2.05) is 11.3 Å². The van der Waals surface area contributed by atoms with Crippen molar-refractivity contribution in [2.75, 3.05) is 0 Å². The second-order valence-corrected chi connectivity index (χ2v) is 6.26. The van der Waals surface area contributed by atoms with Crippen molar-refractivity contribution in [3.8, 4) is 0 Å². The topological polar surface area (TPSA) is 42.7 Å². The first-order valence-electron chi connectivity index (χ1n) is 6.89. The fourth-order valence-electron chi connectivity index (χ4n) is 2.85. The molecule has 0 amide bonds. The number of rotatable bonds is 4. The van der Waals surface area contributed by atoms with Crippen LogP contribution in [-0.4, -0.2) is 14.8 Å². The van der Waals surface area contributed by atoms with Gasteiger partial charge in [0, 0.05) is 23.9 Å². The van der Waals surface area contributed by atoms with E-state index in [2.05, 4.69) is 52.3 Å². The van der Waals surface area contributed by atoms with E-state index in [0.717, 1.165) is 24.6 Å². The normalized spacial score (nSPS) is 17.4. The van der Waals surface area contributed by atoms with Crippen LogP contribution in [-0.2, 0) is 13.0 Å². The maximum Gasteiger partial charge on any atom is 0.149 e. The number of aromatic nitrogens is 3. The summed E-state index contributed by atoms with van der Waals surface area (Å²) in [5.41, 5.74) is 1.36. The van der Waals surface area contributed by atoms with E-state index < -0.39 is 0 Å². The largest absolute Gasteiger partial charge is 0.314 e. The van der Waals surface area contributed by atoms with Crippen molar-refractivity contribution in [3.05, 3.63) is 33.5 Å². The molecule has 0 bridgehead atoms. The van der Waals surface area contributed by atoms with E-state index in [4.69, 9.17) is 0 Å². The lowest BCUT2D eigenvalue weighted by Gasteiger charge is -2.19. The van der Waals surface area contributed by atoms with Gasteiger partial charge in [-0.05, 0) is 44.2 Å². The predicted molar refractivity (Wildman–Crippen MR) is 77.4 cm³/mol. The molecular formula is C14H20N4S. The minimum absolute atomic E-state index is 0.232. The standard InChI is InChI=1S/C14H20N4S/c1-9-6-8-19-13(9)10(2)15-11(3)14-17-16-12-5-4-7-18(12)14/h6,8,10-11,15H,4-5,7H2,1-3H3. The van der Waals surface area contributed by atoms with Gasteiger partial charge in [-0.25, -0.2) is 0 Å².